The molecule has 4 heteroatoms. The predicted molar refractivity (Wildman–Crippen MR) is 93.6 cm³/mol. The number of ether oxygens (including phenoxy) is 1. The summed E-state index contributed by atoms with van der Waals surface area (Å²) in [7, 11) is 0. The van der Waals surface area contributed by atoms with E-state index in [1.807, 2.05) is 0 Å². The second-order valence-electron chi connectivity index (χ2n) is 5.40. The van der Waals surface area contributed by atoms with Crippen LogP contribution in [0.5, 0.6) is 5.75 Å². The van der Waals surface area contributed by atoms with Crippen molar-refractivity contribution in [3.8, 4) is 5.75 Å². The van der Waals surface area contributed by atoms with Crippen molar-refractivity contribution in [1.82, 2.24) is 0 Å². The van der Waals surface area contributed by atoms with Crippen LogP contribution in [0.25, 0.3) is 0 Å². The summed E-state index contributed by atoms with van der Waals surface area (Å²) >= 11 is 3.44. The first kappa shape index (κ1) is 15.2. The Morgan fingerprint density at radius 2 is 1.95 bits per heavy atom. The molecule has 0 aromatic heterocycles. The Morgan fingerprint density at radius 1 is 1.20 bits per heavy atom. The molecule has 2 aliphatic rings. The zero-order valence-electron chi connectivity index (χ0n) is 12.4. The predicted octanol–water partition coefficient (Wildman–Crippen LogP) is 4.72. The minimum atomic E-state index is -1.09. The van der Waals surface area contributed by atoms with Gasteiger partial charge in [-0.05, 0) is 0 Å². The van der Waals surface area contributed by atoms with Crippen molar-refractivity contribution in [3.05, 3.63) is 29.3 Å². The van der Waals surface area contributed by atoms with E-state index in [2.05, 4.69) is 55.6 Å². The molecule has 3 rings (SSSR count). The van der Waals surface area contributed by atoms with Crippen molar-refractivity contribution in [2.24, 2.45) is 0 Å². The summed E-state index contributed by atoms with van der Waals surface area (Å²) in [5, 5.41) is 2.87. The van der Waals surface area contributed by atoms with Gasteiger partial charge in [0.1, 0.15) is 0 Å². The Balaban J connectivity index is 2.00. The van der Waals surface area contributed by atoms with Crippen molar-refractivity contribution in [2.75, 3.05) is 18.1 Å². The van der Waals surface area contributed by atoms with Crippen molar-refractivity contribution in [2.45, 2.75) is 40.1 Å². The summed E-state index contributed by atoms with van der Waals surface area (Å²) in [6, 6.07) is 7.08. The topological polar surface area (TPSA) is 9.23 Å². The van der Waals surface area contributed by atoms with Gasteiger partial charge in [0.15, 0.2) is 0 Å². The third-order valence-corrected chi connectivity index (χ3v) is 18.2. The summed E-state index contributed by atoms with van der Waals surface area (Å²) in [5.41, 5.74) is 3.05. The van der Waals surface area contributed by atoms with Crippen LogP contribution < -0.4 is 4.74 Å². The fraction of sp³-hybridized carbons (Fsp3) is 0.625. The molecule has 109 valence electrons. The van der Waals surface area contributed by atoms with Crippen molar-refractivity contribution in [3.63, 3.8) is 0 Å². The molecule has 0 atom stereocenters. The molecule has 1 nitrogen and oxygen atoms in total. The van der Waals surface area contributed by atoms with Gasteiger partial charge in [0, 0.05) is 0 Å². The second kappa shape index (κ2) is 6.57. The van der Waals surface area contributed by atoms with E-state index in [1.54, 1.807) is 5.56 Å². The second-order valence-corrected chi connectivity index (χ2v) is 16.9. The van der Waals surface area contributed by atoms with Crippen LogP contribution in [-0.4, -0.2) is 32.5 Å². The summed E-state index contributed by atoms with van der Waals surface area (Å²) in [5.74, 6) is 3.82. The van der Waals surface area contributed by atoms with Crippen LogP contribution in [0.3, 0.4) is 0 Å². The van der Waals surface area contributed by atoms with Gasteiger partial charge in [0.05, 0.1) is 0 Å². The first-order valence-electron chi connectivity index (χ1n) is 7.69. The fourth-order valence-electron chi connectivity index (χ4n) is 3.21. The van der Waals surface area contributed by atoms with Gasteiger partial charge in [-0.1, -0.05) is 0 Å². The van der Waals surface area contributed by atoms with Gasteiger partial charge in [-0.15, -0.1) is 0 Å². The molecule has 0 N–H and O–H groups in total. The van der Waals surface area contributed by atoms with Crippen LogP contribution >= 0.6 is 23.5 Å². The number of fused-ring (bicyclic) bond motifs is 1. The summed E-state index contributed by atoms with van der Waals surface area (Å²) in [6.45, 7) is 5.72. The molecular weight excluding hydrogens is 345 g/mol. The third-order valence-electron chi connectivity index (χ3n) is 4.29. The van der Waals surface area contributed by atoms with Gasteiger partial charge >= 0.3 is 136 Å². The minimum absolute atomic E-state index is 0.444. The van der Waals surface area contributed by atoms with E-state index in [9.17, 15) is 0 Å². The van der Waals surface area contributed by atoms with Gasteiger partial charge in [-0.2, -0.15) is 0 Å². The van der Waals surface area contributed by atoms with E-state index in [0.717, 1.165) is 18.8 Å². The van der Waals surface area contributed by atoms with Crippen LogP contribution in [0.2, 0.25) is 10.5 Å². The molecule has 0 unspecified atom stereocenters. The number of hydrogen-bond acceptors (Lipinski definition) is 3. The average molecular weight is 368 g/mol. The van der Waals surface area contributed by atoms with Crippen molar-refractivity contribution >= 4 is 37.9 Å². The van der Waals surface area contributed by atoms with Gasteiger partial charge in [0.2, 0.25) is 0 Å². The number of hydrogen-bond donors (Lipinski definition) is 0. The molecule has 20 heavy (non-hydrogen) atoms. The molecule has 1 saturated heterocycles. The number of thioether (sulfide) groups is 2. The van der Waals surface area contributed by atoms with Crippen LogP contribution in [0.15, 0.2) is 18.2 Å². The first-order valence-corrected chi connectivity index (χ1v) is 13.7. The Kier molecular flexibility index (Phi) is 4.99. The molecule has 2 aliphatic heterocycles. The molecule has 1 aromatic rings. The molecule has 2 heterocycles. The van der Waals surface area contributed by atoms with Crippen LogP contribution in [-0.2, 0) is 9.33 Å². The molecule has 1 radical (unpaired) electrons. The van der Waals surface area contributed by atoms with E-state index >= 15 is 0 Å². The molecular formula is C16H23GeOS2. The third kappa shape index (κ3) is 2.66. The molecule has 0 spiro atoms. The zero-order chi connectivity index (χ0) is 14.0. The normalized spacial score (nSPS) is 20.8. The van der Waals surface area contributed by atoms with Crippen LogP contribution in [0.1, 0.15) is 31.4 Å². The summed E-state index contributed by atoms with van der Waals surface area (Å²) in [4.78, 5) is 0. The van der Waals surface area contributed by atoms with E-state index in [0.29, 0.717) is 2.91 Å². The van der Waals surface area contributed by atoms with Gasteiger partial charge in [-0.25, -0.2) is 0 Å². The molecule has 0 saturated carbocycles. The van der Waals surface area contributed by atoms with Gasteiger partial charge in [0.25, 0.3) is 0 Å². The zero-order valence-corrected chi connectivity index (χ0v) is 16.1. The SMILES string of the molecule is C[CH2][Ge]([CH2]C)[C]1(c2ccc3c(c2)CCO3)SCCCS1. The maximum atomic E-state index is 5.69. The Bertz CT molecular complexity index is 468. The van der Waals surface area contributed by atoms with E-state index in [1.165, 1.54) is 34.0 Å². The quantitative estimate of drug-likeness (QED) is 0.712. The first-order chi connectivity index (χ1) is 9.80. The number of rotatable bonds is 4. The van der Waals surface area contributed by atoms with Crippen LogP contribution in [0.4, 0.5) is 0 Å². The monoisotopic (exact) mass is 369 g/mol. The van der Waals surface area contributed by atoms with E-state index in [-0.39, 0.29) is 0 Å². The summed E-state index contributed by atoms with van der Waals surface area (Å²) < 4.78 is 6.13. The van der Waals surface area contributed by atoms with E-state index < -0.39 is 14.3 Å². The maximum absolute atomic E-state index is 5.69. The molecule has 0 bridgehead atoms. The molecule has 1 aromatic carbocycles. The molecule has 0 aliphatic carbocycles. The fourth-order valence-corrected chi connectivity index (χ4v) is 17.4. The van der Waals surface area contributed by atoms with Crippen molar-refractivity contribution in [1.29, 1.82) is 0 Å². The Labute approximate surface area is 135 Å². The van der Waals surface area contributed by atoms with Gasteiger partial charge < -0.3 is 0 Å². The van der Waals surface area contributed by atoms with E-state index in [4.69, 9.17) is 4.74 Å². The molecule has 0 amide bonds. The molecule has 1 fully saturated rings. The Hall–Kier alpha value is 0.263. The number of benzene rings is 1. The van der Waals surface area contributed by atoms with Crippen LogP contribution in [0, 0.1) is 0 Å². The van der Waals surface area contributed by atoms with Gasteiger partial charge in [-0.3, -0.25) is 0 Å². The Morgan fingerprint density at radius 3 is 2.65 bits per heavy atom. The van der Waals surface area contributed by atoms with Crippen molar-refractivity contribution < 1.29 is 4.74 Å². The standard InChI is InChI=1S/C16H23GeOS2/c1-3-17(4-2)16(19-10-5-11-20-16)14-6-7-15-13(12-14)8-9-18-15/h6-7,12H,3-5,8-11H2,1-2H3. The average Bonchev–Trinajstić information content (AvgIpc) is 2.97. The summed E-state index contributed by atoms with van der Waals surface area (Å²) in [6.07, 6.45) is 2.48.